The van der Waals surface area contributed by atoms with Crippen molar-refractivity contribution in [3.63, 3.8) is 0 Å². The van der Waals surface area contributed by atoms with Gasteiger partial charge in [-0.15, -0.1) is 0 Å². The summed E-state index contributed by atoms with van der Waals surface area (Å²) in [4.78, 5) is 4.16. The first-order valence-electron chi connectivity index (χ1n) is 4.00. The van der Waals surface area contributed by atoms with Crippen LogP contribution in [0.3, 0.4) is 0 Å². The lowest BCUT2D eigenvalue weighted by Crippen LogP contribution is -1.85. The minimum atomic E-state index is -0.0983. The van der Waals surface area contributed by atoms with E-state index >= 15 is 0 Å². The molecular weight excluding hydrogens is 166 g/mol. The van der Waals surface area contributed by atoms with Crippen LogP contribution in [0.15, 0.2) is 41.1 Å². The molecule has 0 spiro atoms. The smallest absolute Gasteiger partial charge is 0.138 e. The van der Waals surface area contributed by atoms with Gasteiger partial charge >= 0.3 is 0 Å². The molecule has 2 aromatic heterocycles. The Labute approximate surface area is 75.7 Å². The van der Waals surface area contributed by atoms with Crippen LogP contribution in [-0.2, 0) is 6.61 Å². The van der Waals surface area contributed by atoms with Crippen LogP contribution in [0.25, 0.3) is 11.3 Å². The number of aromatic nitrogens is 1. The summed E-state index contributed by atoms with van der Waals surface area (Å²) >= 11 is 0. The number of pyridine rings is 1. The first-order valence-corrected chi connectivity index (χ1v) is 4.00. The quantitative estimate of drug-likeness (QED) is 0.757. The van der Waals surface area contributed by atoms with Gasteiger partial charge in [-0.1, -0.05) is 6.07 Å². The van der Waals surface area contributed by atoms with Crippen molar-refractivity contribution in [3.05, 3.63) is 42.5 Å². The van der Waals surface area contributed by atoms with Gasteiger partial charge < -0.3 is 9.52 Å². The summed E-state index contributed by atoms with van der Waals surface area (Å²) in [7, 11) is 0. The fraction of sp³-hybridized carbons (Fsp3) is 0.100. The van der Waals surface area contributed by atoms with Gasteiger partial charge in [0.05, 0.1) is 12.0 Å². The van der Waals surface area contributed by atoms with Gasteiger partial charge in [-0.25, -0.2) is 0 Å². The average Bonchev–Trinajstić information content (AvgIpc) is 2.67. The van der Waals surface area contributed by atoms with E-state index in [4.69, 9.17) is 9.52 Å². The summed E-state index contributed by atoms with van der Waals surface area (Å²) in [6.07, 6.45) is 3.26. The van der Waals surface area contributed by atoms with Gasteiger partial charge in [0.2, 0.25) is 0 Å². The first-order chi connectivity index (χ1) is 6.42. The van der Waals surface area contributed by atoms with Crippen molar-refractivity contribution < 1.29 is 9.52 Å². The highest BCUT2D eigenvalue weighted by Gasteiger charge is 2.07. The molecule has 0 aromatic carbocycles. The van der Waals surface area contributed by atoms with Crippen LogP contribution >= 0.6 is 0 Å². The molecule has 13 heavy (non-hydrogen) atoms. The minimum Gasteiger partial charge on any atom is -0.466 e. The van der Waals surface area contributed by atoms with E-state index in [2.05, 4.69) is 4.98 Å². The Hall–Kier alpha value is -1.61. The van der Waals surface area contributed by atoms with Crippen LogP contribution in [0.5, 0.6) is 0 Å². The van der Waals surface area contributed by atoms with Crippen LogP contribution in [0.1, 0.15) is 5.76 Å². The monoisotopic (exact) mass is 175 g/mol. The van der Waals surface area contributed by atoms with Gasteiger partial charge in [-0.2, -0.15) is 0 Å². The second-order valence-electron chi connectivity index (χ2n) is 2.63. The van der Waals surface area contributed by atoms with Crippen LogP contribution < -0.4 is 0 Å². The van der Waals surface area contributed by atoms with E-state index in [1.54, 1.807) is 18.5 Å². The van der Waals surface area contributed by atoms with E-state index in [-0.39, 0.29) is 6.61 Å². The molecule has 2 heterocycles. The predicted octanol–water partition coefficient (Wildman–Crippen LogP) is 1.83. The van der Waals surface area contributed by atoms with Crippen LogP contribution in [0.2, 0.25) is 0 Å². The molecule has 0 atom stereocenters. The summed E-state index contributed by atoms with van der Waals surface area (Å²) < 4.78 is 5.08. The molecule has 3 heteroatoms. The Balaban J connectivity index is 2.47. The maximum absolute atomic E-state index is 8.95. The van der Waals surface area contributed by atoms with E-state index in [0.717, 1.165) is 11.3 Å². The molecule has 3 nitrogen and oxygen atoms in total. The summed E-state index contributed by atoms with van der Waals surface area (Å²) in [6.45, 7) is -0.0983. The normalized spacial score (nSPS) is 10.2. The Bertz CT molecular complexity index is 381. The van der Waals surface area contributed by atoms with Crippen LogP contribution in [0.4, 0.5) is 0 Å². The summed E-state index contributed by atoms with van der Waals surface area (Å²) in [6, 6.07) is 7.43. The lowest BCUT2D eigenvalue weighted by Gasteiger charge is -1.97. The third-order valence-electron chi connectivity index (χ3n) is 1.83. The number of hydrogen-bond acceptors (Lipinski definition) is 3. The van der Waals surface area contributed by atoms with E-state index < -0.39 is 0 Å². The topological polar surface area (TPSA) is 46.3 Å². The van der Waals surface area contributed by atoms with E-state index in [9.17, 15) is 0 Å². The van der Waals surface area contributed by atoms with Gasteiger partial charge in [0.25, 0.3) is 0 Å². The van der Waals surface area contributed by atoms with Gasteiger partial charge in [-0.05, 0) is 18.2 Å². The van der Waals surface area contributed by atoms with E-state index in [0.29, 0.717) is 5.76 Å². The highest BCUT2D eigenvalue weighted by molar-refractivity contribution is 5.60. The predicted molar refractivity (Wildman–Crippen MR) is 47.9 cm³/mol. The lowest BCUT2D eigenvalue weighted by atomic mass is 10.2. The van der Waals surface area contributed by atoms with Crippen LogP contribution in [-0.4, -0.2) is 10.1 Å². The molecule has 0 unspecified atom stereocenters. The highest BCUT2D eigenvalue weighted by atomic mass is 16.4. The van der Waals surface area contributed by atoms with E-state index in [1.807, 2.05) is 18.2 Å². The first kappa shape index (κ1) is 8.01. The van der Waals surface area contributed by atoms with Gasteiger partial charge in [0.1, 0.15) is 12.4 Å². The third-order valence-corrected chi connectivity index (χ3v) is 1.83. The molecule has 2 rings (SSSR count). The number of nitrogens with zero attached hydrogens (tertiary/aromatic N) is 1. The van der Waals surface area contributed by atoms with Crippen molar-refractivity contribution >= 4 is 0 Å². The molecule has 0 bridgehead atoms. The largest absolute Gasteiger partial charge is 0.466 e. The van der Waals surface area contributed by atoms with Crippen molar-refractivity contribution in [1.29, 1.82) is 0 Å². The molecule has 2 aromatic rings. The summed E-state index contributed by atoms with van der Waals surface area (Å²) in [5.74, 6) is 0.554. The number of aliphatic hydroxyl groups is 1. The Morgan fingerprint density at radius 3 is 2.92 bits per heavy atom. The number of rotatable bonds is 2. The SMILES string of the molecule is OCc1occc1-c1ccccn1. The van der Waals surface area contributed by atoms with Gasteiger partial charge in [-0.3, -0.25) is 4.98 Å². The summed E-state index contributed by atoms with van der Waals surface area (Å²) in [5.41, 5.74) is 1.67. The van der Waals surface area contributed by atoms with Gasteiger partial charge in [0, 0.05) is 11.8 Å². The zero-order valence-corrected chi connectivity index (χ0v) is 6.97. The molecule has 0 aliphatic carbocycles. The molecule has 66 valence electrons. The number of hydrogen-bond donors (Lipinski definition) is 1. The zero-order chi connectivity index (χ0) is 9.10. The fourth-order valence-electron chi connectivity index (χ4n) is 1.21. The van der Waals surface area contributed by atoms with Crippen molar-refractivity contribution in [2.45, 2.75) is 6.61 Å². The number of furan rings is 1. The Morgan fingerprint density at radius 2 is 2.23 bits per heavy atom. The van der Waals surface area contributed by atoms with Gasteiger partial charge in [0.15, 0.2) is 0 Å². The fourth-order valence-corrected chi connectivity index (χ4v) is 1.21. The van der Waals surface area contributed by atoms with Crippen molar-refractivity contribution in [2.24, 2.45) is 0 Å². The molecule has 0 saturated heterocycles. The van der Waals surface area contributed by atoms with Crippen molar-refractivity contribution in [1.82, 2.24) is 4.98 Å². The molecule has 0 amide bonds. The maximum atomic E-state index is 8.95. The molecule has 0 aliphatic rings. The lowest BCUT2D eigenvalue weighted by molar-refractivity contribution is 0.248. The second kappa shape index (κ2) is 3.41. The molecule has 0 fully saturated rings. The molecule has 0 aliphatic heterocycles. The van der Waals surface area contributed by atoms with E-state index in [1.165, 1.54) is 0 Å². The Morgan fingerprint density at radius 1 is 1.31 bits per heavy atom. The van der Waals surface area contributed by atoms with Crippen molar-refractivity contribution in [3.8, 4) is 11.3 Å². The van der Waals surface area contributed by atoms with Crippen LogP contribution in [0, 0.1) is 0 Å². The minimum absolute atomic E-state index is 0.0983. The molecule has 0 saturated carbocycles. The third kappa shape index (κ3) is 1.46. The average molecular weight is 175 g/mol. The molecule has 0 radical (unpaired) electrons. The molecular formula is C10H9NO2. The maximum Gasteiger partial charge on any atom is 0.138 e. The zero-order valence-electron chi connectivity index (χ0n) is 6.97. The molecule has 1 N–H and O–H groups in total. The standard InChI is InChI=1S/C10H9NO2/c12-7-10-8(4-6-13-10)9-3-1-2-5-11-9/h1-6,12H,7H2. The second-order valence-corrected chi connectivity index (χ2v) is 2.63. The highest BCUT2D eigenvalue weighted by Crippen LogP contribution is 2.22. The Kier molecular flexibility index (Phi) is 2.10. The number of aliphatic hydroxyl groups excluding tert-OH is 1. The van der Waals surface area contributed by atoms with Crippen molar-refractivity contribution in [2.75, 3.05) is 0 Å². The summed E-state index contributed by atoms with van der Waals surface area (Å²) in [5, 5.41) is 8.95.